The number of ether oxygens (including phenoxy) is 2. The number of methoxy groups -OCH3 is 2. The van der Waals surface area contributed by atoms with Gasteiger partial charge in [-0.05, 0) is 26.8 Å². The predicted octanol–water partition coefficient (Wildman–Crippen LogP) is 2.85. The molecule has 0 spiro atoms. The zero-order valence-corrected chi connectivity index (χ0v) is 13.7. The SMILES string of the molecule is C=CC(C)(O)CN(Cc1cccc(OC)c1OC)C(C)C. The Morgan fingerprint density at radius 2 is 2.00 bits per heavy atom. The van der Waals surface area contributed by atoms with E-state index < -0.39 is 5.60 Å². The first kappa shape index (κ1) is 17.5. The van der Waals surface area contributed by atoms with Crippen LogP contribution in [0, 0.1) is 0 Å². The smallest absolute Gasteiger partial charge is 0.165 e. The van der Waals surface area contributed by atoms with Crippen LogP contribution in [0.3, 0.4) is 0 Å². The van der Waals surface area contributed by atoms with Crippen LogP contribution in [0.1, 0.15) is 26.3 Å². The molecule has 0 saturated carbocycles. The van der Waals surface area contributed by atoms with Crippen molar-refractivity contribution in [3.63, 3.8) is 0 Å². The van der Waals surface area contributed by atoms with E-state index in [9.17, 15) is 5.11 Å². The van der Waals surface area contributed by atoms with Crippen LogP contribution in [0.15, 0.2) is 30.9 Å². The third kappa shape index (κ3) is 4.76. The highest BCUT2D eigenvalue weighted by Gasteiger charge is 2.23. The van der Waals surface area contributed by atoms with E-state index in [1.807, 2.05) is 18.2 Å². The summed E-state index contributed by atoms with van der Waals surface area (Å²) in [5.74, 6) is 1.46. The lowest BCUT2D eigenvalue weighted by molar-refractivity contribution is 0.0454. The fourth-order valence-electron chi connectivity index (χ4n) is 2.19. The van der Waals surface area contributed by atoms with Gasteiger partial charge in [0.25, 0.3) is 0 Å². The summed E-state index contributed by atoms with van der Waals surface area (Å²) in [6.07, 6.45) is 1.57. The van der Waals surface area contributed by atoms with Crippen molar-refractivity contribution in [2.45, 2.75) is 39.0 Å². The molecule has 118 valence electrons. The number of para-hydroxylation sites is 1. The van der Waals surface area contributed by atoms with Gasteiger partial charge >= 0.3 is 0 Å². The van der Waals surface area contributed by atoms with E-state index >= 15 is 0 Å². The van der Waals surface area contributed by atoms with E-state index in [1.54, 1.807) is 27.2 Å². The number of hydrogen-bond acceptors (Lipinski definition) is 4. The maximum Gasteiger partial charge on any atom is 0.165 e. The summed E-state index contributed by atoms with van der Waals surface area (Å²) in [7, 11) is 3.27. The van der Waals surface area contributed by atoms with Gasteiger partial charge in [-0.1, -0.05) is 18.2 Å². The molecule has 21 heavy (non-hydrogen) atoms. The predicted molar refractivity (Wildman–Crippen MR) is 85.9 cm³/mol. The molecule has 1 atom stereocenters. The second-order valence-electron chi connectivity index (χ2n) is 5.71. The summed E-state index contributed by atoms with van der Waals surface area (Å²) in [5, 5.41) is 10.2. The average molecular weight is 293 g/mol. The Hall–Kier alpha value is -1.52. The fourth-order valence-corrected chi connectivity index (χ4v) is 2.19. The van der Waals surface area contributed by atoms with Gasteiger partial charge in [0.05, 0.1) is 19.8 Å². The lowest BCUT2D eigenvalue weighted by Gasteiger charge is -2.33. The van der Waals surface area contributed by atoms with E-state index in [0.29, 0.717) is 18.8 Å². The van der Waals surface area contributed by atoms with Crippen LogP contribution in [-0.4, -0.2) is 42.4 Å². The van der Waals surface area contributed by atoms with Crippen LogP contribution >= 0.6 is 0 Å². The van der Waals surface area contributed by atoms with Gasteiger partial charge in [0, 0.05) is 24.7 Å². The van der Waals surface area contributed by atoms with Crippen molar-refractivity contribution < 1.29 is 14.6 Å². The summed E-state index contributed by atoms with van der Waals surface area (Å²) in [6, 6.07) is 6.12. The lowest BCUT2D eigenvalue weighted by atomic mass is 10.0. The van der Waals surface area contributed by atoms with Gasteiger partial charge in [-0.15, -0.1) is 6.58 Å². The minimum Gasteiger partial charge on any atom is -0.493 e. The Bertz CT molecular complexity index is 469. The Labute approximate surface area is 128 Å². The summed E-state index contributed by atoms with van der Waals surface area (Å²) < 4.78 is 10.8. The second kappa shape index (κ2) is 7.48. The molecule has 0 aromatic heterocycles. The molecule has 0 saturated heterocycles. The summed E-state index contributed by atoms with van der Waals surface area (Å²) >= 11 is 0. The highest BCUT2D eigenvalue weighted by Crippen LogP contribution is 2.32. The van der Waals surface area contributed by atoms with E-state index in [-0.39, 0.29) is 6.04 Å². The van der Waals surface area contributed by atoms with E-state index in [1.165, 1.54) is 0 Å². The number of benzene rings is 1. The van der Waals surface area contributed by atoms with Crippen molar-refractivity contribution in [3.8, 4) is 11.5 Å². The number of hydrogen-bond donors (Lipinski definition) is 1. The van der Waals surface area contributed by atoms with Crippen LogP contribution < -0.4 is 9.47 Å². The largest absolute Gasteiger partial charge is 0.493 e. The van der Waals surface area contributed by atoms with Crippen molar-refractivity contribution in [2.75, 3.05) is 20.8 Å². The fraction of sp³-hybridized carbons (Fsp3) is 0.529. The van der Waals surface area contributed by atoms with Crippen molar-refractivity contribution in [1.82, 2.24) is 4.90 Å². The molecule has 0 heterocycles. The monoisotopic (exact) mass is 293 g/mol. The third-order valence-corrected chi connectivity index (χ3v) is 3.55. The summed E-state index contributed by atoms with van der Waals surface area (Å²) in [5.41, 5.74) is 0.113. The molecule has 0 amide bonds. The number of aliphatic hydroxyl groups is 1. The molecule has 0 aliphatic carbocycles. The standard InChI is InChI=1S/C17H27NO3/c1-7-17(4,19)12-18(13(2)3)11-14-9-8-10-15(20-5)16(14)21-6/h7-10,13,19H,1,11-12H2,2-6H3. The third-order valence-electron chi connectivity index (χ3n) is 3.55. The molecule has 1 aromatic carbocycles. The minimum atomic E-state index is -0.920. The van der Waals surface area contributed by atoms with Crippen LogP contribution in [0.5, 0.6) is 11.5 Å². The lowest BCUT2D eigenvalue weighted by Crippen LogP contribution is -2.42. The molecule has 0 radical (unpaired) electrons. The van der Waals surface area contributed by atoms with Gasteiger partial charge in [0.15, 0.2) is 11.5 Å². The molecule has 0 aliphatic rings. The molecular formula is C17H27NO3. The maximum absolute atomic E-state index is 10.2. The van der Waals surface area contributed by atoms with Gasteiger partial charge in [0.1, 0.15) is 0 Å². The van der Waals surface area contributed by atoms with Crippen LogP contribution in [0.25, 0.3) is 0 Å². The molecule has 1 aromatic rings. The van der Waals surface area contributed by atoms with Gasteiger partial charge in [-0.25, -0.2) is 0 Å². The highest BCUT2D eigenvalue weighted by molar-refractivity contribution is 5.46. The topological polar surface area (TPSA) is 41.9 Å². The van der Waals surface area contributed by atoms with Crippen LogP contribution in [0.2, 0.25) is 0 Å². The Morgan fingerprint density at radius 1 is 1.33 bits per heavy atom. The molecule has 1 N–H and O–H groups in total. The Balaban J connectivity index is 3.02. The highest BCUT2D eigenvalue weighted by atomic mass is 16.5. The van der Waals surface area contributed by atoms with Gasteiger partial charge < -0.3 is 14.6 Å². The van der Waals surface area contributed by atoms with E-state index in [2.05, 4.69) is 25.3 Å². The normalized spacial score (nSPS) is 14.1. The number of rotatable bonds is 8. The molecule has 0 bridgehead atoms. The van der Waals surface area contributed by atoms with Crippen molar-refractivity contribution in [2.24, 2.45) is 0 Å². The van der Waals surface area contributed by atoms with Crippen LogP contribution in [0.4, 0.5) is 0 Å². The first-order chi connectivity index (χ1) is 9.84. The molecule has 1 rings (SSSR count). The van der Waals surface area contributed by atoms with Crippen molar-refractivity contribution in [1.29, 1.82) is 0 Å². The summed E-state index contributed by atoms with van der Waals surface area (Å²) in [6.45, 7) is 10.8. The molecule has 4 heteroatoms. The van der Waals surface area contributed by atoms with Gasteiger partial charge in [0.2, 0.25) is 0 Å². The zero-order valence-electron chi connectivity index (χ0n) is 13.7. The first-order valence-electron chi connectivity index (χ1n) is 7.14. The molecule has 0 fully saturated rings. The summed E-state index contributed by atoms with van der Waals surface area (Å²) in [4.78, 5) is 2.18. The van der Waals surface area contributed by atoms with Crippen LogP contribution in [-0.2, 0) is 6.54 Å². The van der Waals surface area contributed by atoms with Gasteiger partial charge in [-0.2, -0.15) is 0 Å². The Kier molecular flexibility index (Phi) is 6.24. The molecule has 4 nitrogen and oxygen atoms in total. The van der Waals surface area contributed by atoms with Crippen molar-refractivity contribution in [3.05, 3.63) is 36.4 Å². The second-order valence-corrected chi connectivity index (χ2v) is 5.71. The van der Waals surface area contributed by atoms with Gasteiger partial charge in [-0.3, -0.25) is 4.90 Å². The minimum absolute atomic E-state index is 0.285. The molecular weight excluding hydrogens is 266 g/mol. The molecule has 1 unspecified atom stereocenters. The quantitative estimate of drug-likeness (QED) is 0.748. The zero-order chi connectivity index (χ0) is 16.0. The maximum atomic E-state index is 10.2. The van der Waals surface area contributed by atoms with E-state index in [0.717, 1.165) is 11.3 Å². The van der Waals surface area contributed by atoms with E-state index in [4.69, 9.17) is 9.47 Å². The average Bonchev–Trinajstić information content (AvgIpc) is 2.45. The first-order valence-corrected chi connectivity index (χ1v) is 7.14. The Morgan fingerprint density at radius 3 is 2.48 bits per heavy atom. The molecule has 0 aliphatic heterocycles. The van der Waals surface area contributed by atoms with Crippen molar-refractivity contribution >= 4 is 0 Å². The number of nitrogens with zero attached hydrogens (tertiary/aromatic N) is 1.